The van der Waals surface area contributed by atoms with Gasteiger partial charge in [-0.1, -0.05) is 30.3 Å². The standard InChI is InChI=1S/C17H20N2O/c1-13-12-15(8-9-16(13)18-2)17(20)19-11-10-14-6-4-3-5-7-14/h3-9,12,18H,10-11H2,1-2H3,(H,19,20). The molecule has 104 valence electrons. The predicted molar refractivity (Wildman–Crippen MR) is 83.2 cm³/mol. The van der Waals surface area contributed by atoms with E-state index in [9.17, 15) is 4.79 Å². The SMILES string of the molecule is CNc1ccc(C(=O)NCCc2ccccc2)cc1C. The van der Waals surface area contributed by atoms with Crippen molar-refractivity contribution in [3.8, 4) is 0 Å². The lowest BCUT2D eigenvalue weighted by Crippen LogP contribution is -2.25. The molecule has 0 fully saturated rings. The first-order valence-corrected chi connectivity index (χ1v) is 6.81. The monoisotopic (exact) mass is 268 g/mol. The molecule has 2 aromatic carbocycles. The minimum Gasteiger partial charge on any atom is -0.388 e. The van der Waals surface area contributed by atoms with Gasteiger partial charge in [0.1, 0.15) is 0 Å². The van der Waals surface area contributed by atoms with Crippen LogP contribution < -0.4 is 10.6 Å². The summed E-state index contributed by atoms with van der Waals surface area (Å²) in [5, 5.41) is 6.05. The summed E-state index contributed by atoms with van der Waals surface area (Å²) in [6.45, 7) is 2.64. The molecule has 2 rings (SSSR count). The van der Waals surface area contributed by atoms with Gasteiger partial charge in [0.25, 0.3) is 5.91 Å². The van der Waals surface area contributed by atoms with Crippen molar-refractivity contribution in [1.29, 1.82) is 0 Å². The highest BCUT2D eigenvalue weighted by molar-refractivity contribution is 5.94. The smallest absolute Gasteiger partial charge is 0.251 e. The van der Waals surface area contributed by atoms with Crippen LogP contribution in [0.1, 0.15) is 21.5 Å². The lowest BCUT2D eigenvalue weighted by molar-refractivity contribution is 0.0954. The lowest BCUT2D eigenvalue weighted by atomic mass is 10.1. The van der Waals surface area contributed by atoms with Gasteiger partial charge in [0.2, 0.25) is 0 Å². The number of rotatable bonds is 5. The first-order valence-electron chi connectivity index (χ1n) is 6.81. The van der Waals surface area contributed by atoms with Crippen LogP contribution in [0.5, 0.6) is 0 Å². The molecule has 3 nitrogen and oxygen atoms in total. The summed E-state index contributed by atoms with van der Waals surface area (Å²) in [6.07, 6.45) is 0.847. The number of carbonyl (C=O) groups excluding carboxylic acids is 1. The van der Waals surface area contributed by atoms with Crippen LogP contribution in [0, 0.1) is 6.92 Å². The van der Waals surface area contributed by atoms with Crippen molar-refractivity contribution in [1.82, 2.24) is 5.32 Å². The Morgan fingerprint density at radius 1 is 1.10 bits per heavy atom. The van der Waals surface area contributed by atoms with E-state index in [0.29, 0.717) is 12.1 Å². The molecule has 0 aromatic heterocycles. The fourth-order valence-corrected chi connectivity index (χ4v) is 2.15. The van der Waals surface area contributed by atoms with Crippen LogP contribution in [0.2, 0.25) is 0 Å². The van der Waals surface area contributed by atoms with Gasteiger partial charge in [0.15, 0.2) is 0 Å². The van der Waals surface area contributed by atoms with Crippen LogP contribution >= 0.6 is 0 Å². The maximum atomic E-state index is 12.1. The molecule has 0 aliphatic carbocycles. The predicted octanol–water partition coefficient (Wildman–Crippen LogP) is 3.01. The summed E-state index contributed by atoms with van der Waals surface area (Å²) in [4.78, 5) is 12.1. The average molecular weight is 268 g/mol. The summed E-state index contributed by atoms with van der Waals surface area (Å²) in [6, 6.07) is 15.8. The highest BCUT2D eigenvalue weighted by Gasteiger charge is 2.06. The van der Waals surface area contributed by atoms with E-state index in [-0.39, 0.29) is 5.91 Å². The highest BCUT2D eigenvalue weighted by Crippen LogP contribution is 2.15. The molecule has 0 heterocycles. The quantitative estimate of drug-likeness (QED) is 0.875. The second-order valence-corrected chi connectivity index (χ2v) is 4.77. The van der Waals surface area contributed by atoms with Crippen LogP contribution in [-0.4, -0.2) is 19.5 Å². The summed E-state index contributed by atoms with van der Waals surface area (Å²) in [5.41, 5.74) is 4.05. The Morgan fingerprint density at radius 2 is 1.85 bits per heavy atom. The Hall–Kier alpha value is -2.29. The molecule has 1 amide bonds. The Kier molecular flexibility index (Phi) is 4.77. The number of nitrogens with one attached hydrogen (secondary N) is 2. The van der Waals surface area contributed by atoms with Gasteiger partial charge in [-0.15, -0.1) is 0 Å². The van der Waals surface area contributed by atoms with Crippen LogP contribution in [0.3, 0.4) is 0 Å². The number of anilines is 1. The number of hydrogen-bond donors (Lipinski definition) is 2. The van der Waals surface area contributed by atoms with Crippen LogP contribution in [0.4, 0.5) is 5.69 Å². The van der Waals surface area contributed by atoms with E-state index in [4.69, 9.17) is 0 Å². The zero-order valence-electron chi connectivity index (χ0n) is 11.9. The molecule has 20 heavy (non-hydrogen) atoms. The molecule has 0 unspecified atom stereocenters. The molecule has 2 aromatic rings. The molecule has 0 saturated carbocycles. The molecule has 0 radical (unpaired) electrons. The second-order valence-electron chi connectivity index (χ2n) is 4.77. The van der Waals surface area contributed by atoms with E-state index in [1.54, 1.807) is 0 Å². The Bertz CT molecular complexity index is 579. The molecule has 0 bridgehead atoms. The third kappa shape index (κ3) is 3.60. The molecule has 0 saturated heterocycles. The lowest BCUT2D eigenvalue weighted by Gasteiger charge is -2.09. The molecule has 0 spiro atoms. The van der Waals surface area contributed by atoms with E-state index < -0.39 is 0 Å². The van der Waals surface area contributed by atoms with Gasteiger partial charge in [-0.25, -0.2) is 0 Å². The summed E-state index contributed by atoms with van der Waals surface area (Å²) in [7, 11) is 1.88. The van der Waals surface area contributed by atoms with Crippen LogP contribution in [0.15, 0.2) is 48.5 Å². The van der Waals surface area contributed by atoms with E-state index in [1.807, 2.05) is 50.4 Å². The molecule has 2 N–H and O–H groups in total. The Labute approximate surface area is 120 Å². The molecular formula is C17H20N2O. The maximum absolute atomic E-state index is 12.1. The van der Waals surface area contributed by atoms with Crippen molar-refractivity contribution in [2.45, 2.75) is 13.3 Å². The summed E-state index contributed by atoms with van der Waals surface area (Å²) in [5.74, 6) is -0.0216. The zero-order chi connectivity index (χ0) is 14.4. The van der Waals surface area contributed by atoms with Gasteiger partial charge in [-0.3, -0.25) is 4.79 Å². The number of amides is 1. The largest absolute Gasteiger partial charge is 0.388 e. The Balaban J connectivity index is 1.90. The first kappa shape index (κ1) is 14.1. The van der Waals surface area contributed by atoms with Crippen molar-refractivity contribution in [2.24, 2.45) is 0 Å². The number of hydrogen-bond acceptors (Lipinski definition) is 2. The van der Waals surface area contributed by atoms with E-state index in [1.165, 1.54) is 5.56 Å². The third-order valence-corrected chi connectivity index (χ3v) is 3.30. The van der Waals surface area contributed by atoms with Crippen molar-refractivity contribution in [2.75, 3.05) is 18.9 Å². The highest BCUT2D eigenvalue weighted by atomic mass is 16.1. The van der Waals surface area contributed by atoms with Gasteiger partial charge in [-0.05, 0) is 42.7 Å². The topological polar surface area (TPSA) is 41.1 Å². The van der Waals surface area contributed by atoms with E-state index in [2.05, 4.69) is 22.8 Å². The van der Waals surface area contributed by atoms with Gasteiger partial charge in [0.05, 0.1) is 0 Å². The van der Waals surface area contributed by atoms with Crippen LogP contribution in [0.25, 0.3) is 0 Å². The van der Waals surface area contributed by atoms with E-state index in [0.717, 1.165) is 17.7 Å². The third-order valence-electron chi connectivity index (χ3n) is 3.30. The molecular weight excluding hydrogens is 248 g/mol. The average Bonchev–Trinajstić information content (AvgIpc) is 2.48. The second kappa shape index (κ2) is 6.75. The van der Waals surface area contributed by atoms with Crippen molar-refractivity contribution in [3.63, 3.8) is 0 Å². The summed E-state index contributed by atoms with van der Waals surface area (Å²) >= 11 is 0. The van der Waals surface area contributed by atoms with Crippen molar-refractivity contribution < 1.29 is 4.79 Å². The molecule has 0 aliphatic rings. The van der Waals surface area contributed by atoms with Crippen molar-refractivity contribution >= 4 is 11.6 Å². The van der Waals surface area contributed by atoms with Gasteiger partial charge < -0.3 is 10.6 Å². The molecule has 0 aliphatic heterocycles. The van der Waals surface area contributed by atoms with Crippen LogP contribution in [-0.2, 0) is 6.42 Å². The van der Waals surface area contributed by atoms with E-state index >= 15 is 0 Å². The first-order chi connectivity index (χ1) is 9.70. The number of aryl methyl sites for hydroxylation is 1. The molecule has 0 atom stereocenters. The minimum absolute atomic E-state index is 0.0216. The number of benzene rings is 2. The minimum atomic E-state index is -0.0216. The fraction of sp³-hybridized carbons (Fsp3) is 0.235. The van der Waals surface area contributed by atoms with Crippen molar-refractivity contribution in [3.05, 3.63) is 65.2 Å². The van der Waals surface area contributed by atoms with Gasteiger partial charge >= 0.3 is 0 Å². The van der Waals surface area contributed by atoms with Gasteiger partial charge in [-0.2, -0.15) is 0 Å². The summed E-state index contributed by atoms with van der Waals surface area (Å²) < 4.78 is 0. The maximum Gasteiger partial charge on any atom is 0.251 e. The van der Waals surface area contributed by atoms with Gasteiger partial charge in [0, 0.05) is 24.8 Å². The fourth-order valence-electron chi connectivity index (χ4n) is 2.15. The Morgan fingerprint density at radius 3 is 2.50 bits per heavy atom. The normalized spacial score (nSPS) is 10.1. The zero-order valence-corrected chi connectivity index (χ0v) is 11.9. The molecule has 3 heteroatoms. The number of carbonyl (C=O) groups is 1.